The zero-order valence-electron chi connectivity index (χ0n) is 19.0. The van der Waals surface area contributed by atoms with Crippen LogP contribution in [0.5, 0.6) is 5.75 Å². The van der Waals surface area contributed by atoms with Gasteiger partial charge in [-0.2, -0.15) is 0 Å². The predicted octanol–water partition coefficient (Wildman–Crippen LogP) is -8.51. The first-order valence-corrected chi connectivity index (χ1v) is 10.7. The van der Waals surface area contributed by atoms with Gasteiger partial charge in [0.25, 0.3) is 0 Å². The molecule has 0 saturated carbocycles. The monoisotopic (exact) mass is 484 g/mol. The van der Waals surface area contributed by atoms with E-state index in [1.807, 2.05) is 18.2 Å². The van der Waals surface area contributed by atoms with Crippen molar-refractivity contribution in [3.05, 3.63) is 29.8 Å². The van der Waals surface area contributed by atoms with Crippen molar-refractivity contribution < 1.29 is 127 Å². The van der Waals surface area contributed by atoms with Gasteiger partial charge >= 0.3 is 88.7 Å². The molecule has 1 aromatic rings. The summed E-state index contributed by atoms with van der Waals surface area (Å²) in [5.74, 6) is -3.73. The number of aryl methyl sites for hydroxylation is 1. The number of carboxylic acid groups (broad SMARTS) is 2. The number of benzene rings is 1. The van der Waals surface area contributed by atoms with Crippen LogP contribution in [0.3, 0.4) is 0 Å². The number of phenolic OH excluding ortho intramolecular Hbond substituents is 1. The molecule has 0 bridgehead atoms. The van der Waals surface area contributed by atoms with Gasteiger partial charge in [-0.3, -0.25) is 0 Å². The van der Waals surface area contributed by atoms with Crippen molar-refractivity contribution in [3.63, 3.8) is 0 Å². The third kappa shape index (κ3) is 21.2. The van der Waals surface area contributed by atoms with Crippen LogP contribution in [0, 0.1) is 0 Å². The molecule has 0 heterocycles. The van der Waals surface area contributed by atoms with Gasteiger partial charge in [-0.1, -0.05) is 63.6 Å². The van der Waals surface area contributed by atoms with E-state index in [2.05, 4.69) is 6.92 Å². The first-order chi connectivity index (χ1) is 13.1. The van der Waals surface area contributed by atoms with E-state index in [9.17, 15) is 37.9 Å². The van der Waals surface area contributed by atoms with Gasteiger partial charge in [0.1, 0.15) is 15.9 Å². The molecule has 0 radical (unpaired) electrons. The minimum Gasteiger partial charge on any atom is -0.747 e. The van der Waals surface area contributed by atoms with Crippen LogP contribution >= 0.6 is 0 Å². The fourth-order valence-corrected chi connectivity index (χ4v) is 3.03. The van der Waals surface area contributed by atoms with Crippen LogP contribution in [0.4, 0.5) is 0 Å². The molecule has 1 unspecified atom stereocenters. The molecule has 160 valence electrons. The fraction of sp³-hybridized carbons (Fsp3) is 0.579. The maximum Gasteiger partial charge on any atom is 1.00 e. The number of carbonyl (C=O) groups is 2. The topological polar surface area (TPSA) is 158 Å². The Morgan fingerprint density at radius 1 is 0.935 bits per heavy atom. The first kappa shape index (κ1) is 39.1. The molecule has 0 aliphatic rings. The Morgan fingerprint density at radius 3 is 1.81 bits per heavy atom. The summed E-state index contributed by atoms with van der Waals surface area (Å²) in [5.41, 5.74) is 1.09. The number of carbonyl (C=O) groups excluding carboxylic acids is 2. The average Bonchev–Trinajstić information content (AvgIpc) is 2.59. The number of aliphatic carboxylic acids is 2. The molecule has 1 N–H and O–H groups in total. The molecule has 12 heteroatoms. The Bertz CT molecular complexity index is 714. The van der Waals surface area contributed by atoms with Crippen molar-refractivity contribution in [1.82, 2.24) is 0 Å². The minimum atomic E-state index is -5.19. The van der Waals surface area contributed by atoms with Crippen molar-refractivity contribution in [2.75, 3.05) is 0 Å². The molecule has 0 aromatic heterocycles. The third-order valence-corrected chi connectivity index (χ3v) is 5.06. The Hall–Kier alpha value is 0.870. The summed E-state index contributed by atoms with van der Waals surface area (Å²) >= 11 is 0. The molecule has 8 nitrogen and oxygen atoms in total. The molecule has 0 fully saturated rings. The van der Waals surface area contributed by atoms with E-state index in [0.717, 1.165) is 12.0 Å². The number of aromatic hydroxyl groups is 1. The molecule has 1 atom stereocenters. The van der Waals surface area contributed by atoms with Crippen LogP contribution in [-0.4, -0.2) is 35.3 Å². The van der Waals surface area contributed by atoms with Crippen LogP contribution in [0.15, 0.2) is 24.3 Å². The van der Waals surface area contributed by atoms with E-state index in [-0.39, 0.29) is 88.7 Å². The smallest absolute Gasteiger partial charge is 0.747 e. The first-order valence-electron chi connectivity index (χ1n) is 9.21. The van der Waals surface area contributed by atoms with Crippen molar-refractivity contribution in [3.8, 4) is 5.75 Å². The Morgan fingerprint density at radius 2 is 1.42 bits per heavy atom. The van der Waals surface area contributed by atoms with E-state index < -0.39 is 33.7 Å². The van der Waals surface area contributed by atoms with Gasteiger partial charge in [-0.25, -0.2) is 8.42 Å². The Kier molecular flexibility index (Phi) is 28.6. The van der Waals surface area contributed by atoms with Gasteiger partial charge in [-0.05, 0) is 24.5 Å². The summed E-state index contributed by atoms with van der Waals surface area (Å²) < 4.78 is 30.1. The second-order valence-electron chi connectivity index (χ2n) is 6.38. The molecule has 1 rings (SSSR count). The van der Waals surface area contributed by atoms with Crippen LogP contribution in [0.1, 0.15) is 63.9 Å². The molecule has 0 spiro atoms. The number of unbranched alkanes of at least 4 members (excludes halogenated alkanes) is 6. The van der Waals surface area contributed by atoms with Gasteiger partial charge in [0.2, 0.25) is 0 Å². The standard InChI is InChI=1S/C15H24O.C4H6O7S.3Na/c1-2-3-4-5-6-7-8-11-14-12-9-10-13-15(14)16;5-3(6)1-2(4(7)8)12(9,10)11;;;/h9-10,12-13,16H,2-8,11H2,1H3;2H,1H2,(H,5,6)(H,7,8)(H,9,10,11);;;/q;;3*+1/p-3. The van der Waals surface area contributed by atoms with E-state index in [4.69, 9.17) is 0 Å². The molecule has 31 heavy (non-hydrogen) atoms. The van der Waals surface area contributed by atoms with Gasteiger partial charge in [0, 0.05) is 12.4 Å². The van der Waals surface area contributed by atoms with Crippen molar-refractivity contribution in [2.24, 2.45) is 0 Å². The summed E-state index contributed by atoms with van der Waals surface area (Å²) in [5, 5.41) is 26.7. The molecule has 0 aliphatic heterocycles. The summed E-state index contributed by atoms with van der Waals surface area (Å²) in [6.07, 6.45) is 8.89. The van der Waals surface area contributed by atoms with Gasteiger partial charge in [-0.15, -0.1) is 0 Å². The number of hydrogen-bond acceptors (Lipinski definition) is 8. The van der Waals surface area contributed by atoms with E-state index in [1.165, 1.54) is 44.9 Å². The van der Waals surface area contributed by atoms with Crippen LogP contribution in [0.25, 0.3) is 0 Å². The maximum absolute atomic E-state index is 10.0. The summed E-state index contributed by atoms with van der Waals surface area (Å²) in [4.78, 5) is 19.7. The quantitative estimate of drug-likeness (QED) is 0.174. The molecular formula is C19H27Na3O8S. The second-order valence-corrected chi connectivity index (χ2v) is 7.93. The number of carboxylic acids is 2. The molecule has 0 saturated heterocycles. The second kappa shape index (κ2) is 22.7. The largest absolute Gasteiger partial charge is 1.00 e. The van der Waals surface area contributed by atoms with Gasteiger partial charge < -0.3 is 29.5 Å². The van der Waals surface area contributed by atoms with Crippen molar-refractivity contribution in [1.29, 1.82) is 0 Å². The van der Waals surface area contributed by atoms with Crippen LogP contribution in [0.2, 0.25) is 0 Å². The third-order valence-electron chi connectivity index (χ3n) is 4.00. The fourth-order valence-electron chi connectivity index (χ4n) is 2.45. The SMILES string of the molecule is CCCCCCCCCc1ccccc1O.O=C([O-])CC(C(=O)[O-])S(=O)(=O)[O-].[Na+].[Na+].[Na+]. The average molecular weight is 484 g/mol. The zero-order valence-corrected chi connectivity index (χ0v) is 25.8. The molecule has 1 aromatic carbocycles. The zero-order chi connectivity index (χ0) is 21.6. The van der Waals surface area contributed by atoms with Gasteiger partial charge in [0.15, 0.2) is 0 Å². The minimum absolute atomic E-state index is 0. The van der Waals surface area contributed by atoms with Crippen LogP contribution in [-0.2, 0) is 26.1 Å². The number of phenols is 1. The molecular weight excluding hydrogens is 457 g/mol. The Balaban J connectivity index is -0.000000222. The molecule has 0 amide bonds. The molecule has 0 aliphatic carbocycles. The van der Waals surface area contributed by atoms with Gasteiger partial charge in [0.05, 0.1) is 11.2 Å². The predicted molar refractivity (Wildman–Crippen MR) is 97.9 cm³/mol. The van der Waals surface area contributed by atoms with E-state index in [1.54, 1.807) is 6.07 Å². The summed E-state index contributed by atoms with van der Waals surface area (Å²) in [6, 6.07) is 7.67. The number of hydrogen-bond donors (Lipinski definition) is 1. The van der Waals surface area contributed by atoms with Crippen molar-refractivity contribution in [2.45, 2.75) is 70.0 Å². The summed E-state index contributed by atoms with van der Waals surface area (Å²) in [7, 11) is -5.19. The number of para-hydroxylation sites is 1. The van der Waals surface area contributed by atoms with Crippen molar-refractivity contribution >= 4 is 22.1 Å². The number of rotatable bonds is 12. The summed E-state index contributed by atoms with van der Waals surface area (Å²) in [6.45, 7) is 2.25. The Labute approximate surface area is 251 Å². The normalized spacial score (nSPS) is 10.8. The van der Waals surface area contributed by atoms with E-state index >= 15 is 0 Å². The van der Waals surface area contributed by atoms with Crippen LogP contribution < -0.4 is 98.9 Å². The van der Waals surface area contributed by atoms with E-state index in [0.29, 0.717) is 5.75 Å². The maximum atomic E-state index is 10.0.